The fourth-order valence-corrected chi connectivity index (χ4v) is 0. The minimum absolute atomic E-state index is 0. The van der Waals surface area contributed by atoms with Crippen molar-refractivity contribution in [3.63, 3.8) is 0 Å². The van der Waals surface area contributed by atoms with Gasteiger partial charge in [-0.1, -0.05) is 0 Å². The summed E-state index contributed by atoms with van der Waals surface area (Å²) in [5, 5.41) is 0. The van der Waals surface area contributed by atoms with Crippen LogP contribution in [-0.4, -0.2) is 0 Å². The average molecular weight is 413 g/mol. The zero-order valence-electron chi connectivity index (χ0n) is 4.53. The van der Waals surface area contributed by atoms with Crippen molar-refractivity contribution in [3.05, 3.63) is 0 Å². The molecule has 0 N–H and O–H groups in total. The summed E-state index contributed by atoms with van der Waals surface area (Å²) >= 11 is -11.5. The Bertz CT molecular complexity index is 208. The van der Waals surface area contributed by atoms with Gasteiger partial charge in [0.05, 0.1) is 0 Å². The van der Waals surface area contributed by atoms with E-state index >= 15 is 0 Å². The molecule has 65 valence electrons. The molecule has 0 unspecified atom stereocenters. The van der Waals surface area contributed by atoms with Gasteiger partial charge in [-0.15, -0.1) is 0 Å². The summed E-state index contributed by atoms with van der Waals surface area (Å²) in [6.07, 6.45) is 0. The monoisotopic (exact) mass is 413 g/mol. The molecule has 0 saturated carbocycles. The predicted molar refractivity (Wildman–Crippen MR) is 2.75 cm³/mol. The van der Waals surface area contributed by atoms with Crippen LogP contribution >= 0.6 is 0 Å². The van der Waals surface area contributed by atoms with Gasteiger partial charge in [-0.25, -0.2) is 0 Å². The molecule has 0 fully saturated rings. The molecule has 1 radical (unpaired) electrons. The smallest absolute Gasteiger partial charge is 4.00 e. The van der Waals surface area contributed by atoms with Crippen LogP contribution in [0.2, 0.25) is 0 Å². The van der Waals surface area contributed by atoms with Crippen LogP contribution in [0.25, 0.3) is 0 Å². The molecule has 11 heavy (non-hydrogen) atoms. The first-order valence-corrected chi connectivity index (χ1v) is 5.50. The average Bonchev–Trinajstić information content (AvgIpc) is 1.12. The number of hydrogen-bond acceptors (Lipinski definition) is 8. The SMILES string of the molecule is [O]=[Cr](=[O])([O-])[O-].[O]=[Cr](=[O])([O-])[O-].[Ta+4]. The third-order valence-corrected chi connectivity index (χ3v) is 0. The summed E-state index contributed by atoms with van der Waals surface area (Å²) < 4.78 is 68.8. The molecule has 0 bridgehead atoms. The van der Waals surface area contributed by atoms with E-state index in [9.17, 15) is 0 Å². The van der Waals surface area contributed by atoms with Crippen LogP contribution in [-0.2, 0) is 64.8 Å². The van der Waals surface area contributed by atoms with Gasteiger partial charge in [-0.2, -0.15) is 0 Å². The van der Waals surface area contributed by atoms with Crippen LogP contribution in [0.4, 0.5) is 0 Å². The first-order valence-electron chi connectivity index (χ1n) is 1.33. The van der Waals surface area contributed by atoms with Gasteiger partial charge >= 0.3 is 81.5 Å². The van der Waals surface area contributed by atoms with Crippen LogP contribution in [0, 0.1) is 0 Å². The Morgan fingerprint density at radius 1 is 0.636 bits per heavy atom. The molecule has 0 aliphatic heterocycles. The summed E-state index contributed by atoms with van der Waals surface area (Å²) in [7, 11) is 0. The summed E-state index contributed by atoms with van der Waals surface area (Å²) in [5.41, 5.74) is 0. The van der Waals surface area contributed by atoms with Gasteiger partial charge in [0.25, 0.3) is 0 Å². The molecule has 0 saturated heterocycles. The second-order valence-corrected chi connectivity index (χ2v) is 3.37. The molecule has 0 heterocycles. The molecule has 0 aromatic rings. The minimum atomic E-state index is -5.75. The Labute approximate surface area is 81.1 Å². The standard InChI is InChI=1S/2Cr.8O.Ta/q;;;;;;4*-1;+4. The van der Waals surface area contributed by atoms with Gasteiger partial charge in [0.15, 0.2) is 0 Å². The van der Waals surface area contributed by atoms with Crippen molar-refractivity contribution < 1.29 is 81.5 Å². The third-order valence-electron chi connectivity index (χ3n) is 0. The van der Waals surface area contributed by atoms with Gasteiger partial charge < -0.3 is 0 Å². The van der Waals surface area contributed by atoms with E-state index in [0.717, 1.165) is 0 Å². The van der Waals surface area contributed by atoms with E-state index in [2.05, 4.69) is 0 Å². The zero-order chi connectivity index (χ0) is 9.00. The van der Waals surface area contributed by atoms with E-state index in [1.54, 1.807) is 0 Å². The second kappa shape index (κ2) is 6.37. The van der Waals surface area contributed by atoms with Crippen molar-refractivity contribution in [3.8, 4) is 0 Å². The maximum Gasteiger partial charge on any atom is 4.00 e. The Balaban J connectivity index is -0.000000107. The molecule has 0 aromatic heterocycles. The maximum absolute atomic E-state index is 8.59. The van der Waals surface area contributed by atoms with Crippen LogP contribution in [0.1, 0.15) is 0 Å². The minimum Gasteiger partial charge on any atom is 4.00 e. The Hall–Kier alpha value is 0.845. The van der Waals surface area contributed by atoms with Crippen LogP contribution < -0.4 is 16.6 Å². The van der Waals surface area contributed by atoms with Crippen LogP contribution in [0.5, 0.6) is 0 Å². The number of rotatable bonds is 0. The molecule has 0 amide bonds. The van der Waals surface area contributed by atoms with E-state index in [0.29, 0.717) is 0 Å². The molecule has 0 aliphatic carbocycles. The van der Waals surface area contributed by atoms with Gasteiger partial charge in [-0.05, 0) is 0 Å². The first-order chi connectivity index (χ1) is 4.00. The summed E-state index contributed by atoms with van der Waals surface area (Å²) in [6.45, 7) is 0. The van der Waals surface area contributed by atoms with E-state index < -0.39 is 27.2 Å². The Kier molecular flexibility index (Phi) is 10.3. The fourth-order valence-electron chi connectivity index (χ4n) is 0. The first kappa shape index (κ1) is 17.8. The van der Waals surface area contributed by atoms with Crippen molar-refractivity contribution in [1.29, 1.82) is 0 Å². The van der Waals surface area contributed by atoms with Gasteiger partial charge in [0.2, 0.25) is 0 Å². The summed E-state index contributed by atoms with van der Waals surface area (Å²) in [6, 6.07) is 0. The van der Waals surface area contributed by atoms with Crippen molar-refractivity contribution in [1.82, 2.24) is 0 Å². The molecule has 0 spiro atoms. The molecule has 0 rings (SSSR count). The van der Waals surface area contributed by atoms with Gasteiger partial charge in [0, 0.05) is 0 Å². The Morgan fingerprint density at radius 3 is 0.636 bits per heavy atom. The Morgan fingerprint density at radius 2 is 0.636 bits per heavy atom. The largest absolute Gasteiger partial charge is 4.00 e. The fraction of sp³-hybridized carbons (Fsp3) is 0. The zero-order valence-corrected chi connectivity index (χ0v) is 10.3. The second-order valence-electron chi connectivity index (χ2n) is 0.816. The number of hydrogen-bond donors (Lipinski definition) is 0. The van der Waals surface area contributed by atoms with E-state index in [4.69, 9.17) is 31.8 Å². The third kappa shape index (κ3) is 1190. The maximum atomic E-state index is 8.59. The quantitative estimate of drug-likeness (QED) is 0.381. The molecule has 0 atom stereocenters. The van der Waals surface area contributed by atoms with E-state index in [-0.39, 0.29) is 22.4 Å². The normalized spacial score (nSPS) is 10.5. The molecule has 0 aliphatic rings. The molecule has 11 heteroatoms. The van der Waals surface area contributed by atoms with Crippen molar-refractivity contribution in [2.45, 2.75) is 0 Å². The summed E-state index contributed by atoms with van der Waals surface area (Å²) in [5.74, 6) is 0. The van der Waals surface area contributed by atoms with E-state index in [1.165, 1.54) is 0 Å². The molecular weight excluding hydrogens is 413 g/mol. The van der Waals surface area contributed by atoms with Crippen molar-refractivity contribution >= 4 is 0 Å². The molecule has 8 nitrogen and oxygen atoms in total. The van der Waals surface area contributed by atoms with Gasteiger partial charge in [0.1, 0.15) is 0 Å². The predicted octanol–water partition coefficient (Wildman–Crippen LogP) is -5.24. The van der Waals surface area contributed by atoms with Crippen LogP contribution in [0.3, 0.4) is 0 Å². The van der Waals surface area contributed by atoms with Crippen molar-refractivity contribution in [2.75, 3.05) is 0 Å². The van der Waals surface area contributed by atoms with Crippen molar-refractivity contribution in [2.24, 2.45) is 0 Å². The van der Waals surface area contributed by atoms with E-state index in [1.807, 2.05) is 0 Å². The summed E-state index contributed by atoms with van der Waals surface area (Å²) in [4.78, 5) is 0. The topological polar surface area (TPSA) is 161 Å². The van der Waals surface area contributed by atoms with Crippen LogP contribution in [0.15, 0.2) is 0 Å². The molecule has 0 aromatic carbocycles. The molecular formula is Cr2O8Ta. The van der Waals surface area contributed by atoms with Gasteiger partial charge in [-0.3, -0.25) is 0 Å².